The highest BCUT2D eigenvalue weighted by Crippen LogP contribution is 2.21. The average Bonchev–Trinajstić information content (AvgIpc) is 2.36. The molecule has 0 aliphatic carbocycles. The van der Waals surface area contributed by atoms with E-state index in [0.29, 0.717) is 17.5 Å². The van der Waals surface area contributed by atoms with Gasteiger partial charge < -0.3 is 10.2 Å². The molecular formula is C12H22N2O3S2. The van der Waals surface area contributed by atoms with Crippen LogP contribution in [0.1, 0.15) is 19.8 Å². The van der Waals surface area contributed by atoms with Gasteiger partial charge in [0, 0.05) is 17.8 Å². The second-order valence-corrected chi connectivity index (χ2v) is 8.83. The molecule has 19 heavy (non-hydrogen) atoms. The van der Waals surface area contributed by atoms with E-state index in [1.165, 1.54) is 0 Å². The summed E-state index contributed by atoms with van der Waals surface area (Å²) < 4.78 is 23.0. The maximum Gasteiger partial charge on any atom is 0.232 e. The van der Waals surface area contributed by atoms with Crippen molar-refractivity contribution in [3.8, 4) is 0 Å². The molecule has 7 heteroatoms. The summed E-state index contributed by atoms with van der Waals surface area (Å²) in [6, 6.07) is -0.181. The highest BCUT2D eigenvalue weighted by atomic mass is 32.2. The number of thioether (sulfide) groups is 1. The van der Waals surface area contributed by atoms with Crippen molar-refractivity contribution in [2.24, 2.45) is 0 Å². The third kappa shape index (κ3) is 4.36. The molecule has 1 atom stereocenters. The van der Waals surface area contributed by atoms with E-state index < -0.39 is 9.84 Å². The predicted molar refractivity (Wildman–Crippen MR) is 78.2 cm³/mol. The van der Waals surface area contributed by atoms with Gasteiger partial charge >= 0.3 is 0 Å². The van der Waals surface area contributed by atoms with Gasteiger partial charge in [-0.2, -0.15) is 0 Å². The number of nitrogens with one attached hydrogen (secondary N) is 1. The van der Waals surface area contributed by atoms with Gasteiger partial charge in [-0.1, -0.05) is 0 Å². The second kappa shape index (κ2) is 6.45. The zero-order chi connectivity index (χ0) is 13.9. The number of rotatable bonds is 3. The average molecular weight is 306 g/mol. The lowest BCUT2D eigenvalue weighted by molar-refractivity contribution is -0.129. The molecule has 0 aromatic rings. The van der Waals surface area contributed by atoms with Crippen molar-refractivity contribution in [1.29, 1.82) is 0 Å². The van der Waals surface area contributed by atoms with Crippen LogP contribution in [0.5, 0.6) is 0 Å². The van der Waals surface area contributed by atoms with E-state index >= 15 is 0 Å². The molecule has 2 heterocycles. The molecule has 2 aliphatic heterocycles. The van der Waals surface area contributed by atoms with E-state index in [0.717, 1.165) is 25.9 Å². The molecule has 1 unspecified atom stereocenters. The number of carbonyl (C=O) groups excluding carboxylic acids is 1. The summed E-state index contributed by atoms with van der Waals surface area (Å²) in [6.45, 7) is 4.24. The van der Waals surface area contributed by atoms with Crippen LogP contribution < -0.4 is 5.32 Å². The van der Waals surface area contributed by atoms with Crippen molar-refractivity contribution in [1.82, 2.24) is 10.2 Å². The van der Waals surface area contributed by atoms with Crippen LogP contribution in [0.2, 0.25) is 0 Å². The molecule has 2 rings (SSSR count). The minimum atomic E-state index is -2.94. The number of sulfone groups is 1. The van der Waals surface area contributed by atoms with Crippen molar-refractivity contribution < 1.29 is 13.2 Å². The maximum atomic E-state index is 12.2. The highest BCUT2D eigenvalue weighted by molar-refractivity contribution is 8.00. The molecule has 0 saturated carbocycles. The first kappa shape index (κ1) is 15.1. The Morgan fingerprint density at radius 2 is 2.05 bits per heavy atom. The third-order valence-corrected chi connectivity index (χ3v) is 6.87. The van der Waals surface area contributed by atoms with Crippen LogP contribution in [-0.4, -0.2) is 67.4 Å². The summed E-state index contributed by atoms with van der Waals surface area (Å²) in [5.74, 6) is 0.790. The van der Waals surface area contributed by atoms with Gasteiger partial charge in [0.2, 0.25) is 5.91 Å². The summed E-state index contributed by atoms with van der Waals surface area (Å²) in [6.07, 6.45) is 2.23. The largest absolute Gasteiger partial charge is 0.337 e. The lowest BCUT2D eigenvalue weighted by Gasteiger charge is -2.33. The zero-order valence-electron chi connectivity index (χ0n) is 11.3. The van der Waals surface area contributed by atoms with Crippen LogP contribution in [0.15, 0.2) is 0 Å². The minimum absolute atomic E-state index is 0.0888. The first-order chi connectivity index (χ1) is 8.98. The minimum Gasteiger partial charge on any atom is -0.337 e. The van der Waals surface area contributed by atoms with Crippen LogP contribution in [0.25, 0.3) is 0 Å². The molecule has 0 aromatic heterocycles. The Hall–Kier alpha value is -0.270. The number of amides is 1. The Morgan fingerprint density at radius 1 is 1.37 bits per heavy atom. The smallest absolute Gasteiger partial charge is 0.232 e. The van der Waals surface area contributed by atoms with Crippen LogP contribution in [0, 0.1) is 0 Å². The fourth-order valence-electron chi connectivity index (χ4n) is 2.60. The Labute approximate surface area is 119 Å². The lowest BCUT2D eigenvalue weighted by Crippen LogP contribution is -2.50. The van der Waals surface area contributed by atoms with E-state index in [4.69, 9.17) is 0 Å². The van der Waals surface area contributed by atoms with Gasteiger partial charge in [0.15, 0.2) is 9.84 Å². The molecule has 2 aliphatic rings. The number of hydrogen-bond donors (Lipinski definition) is 1. The van der Waals surface area contributed by atoms with Crippen molar-refractivity contribution in [3.63, 3.8) is 0 Å². The standard InChI is InChI=1S/C12H22N2O3S2/c1-10-9-19(16,17)7-6-14(10)12(15)8-18-11-2-4-13-5-3-11/h10-11,13H,2-9H2,1H3. The molecular weight excluding hydrogens is 284 g/mol. The summed E-state index contributed by atoms with van der Waals surface area (Å²) in [5.41, 5.74) is 0. The lowest BCUT2D eigenvalue weighted by atomic mass is 10.2. The maximum absolute atomic E-state index is 12.2. The number of hydrogen-bond acceptors (Lipinski definition) is 5. The second-order valence-electron chi connectivity index (χ2n) is 5.31. The molecule has 1 N–H and O–H groups in total. The molecule has 0 bridgehead atoms. The molecule has 0 radical (unpaired) electrons. The van der Waals surface area contributed by atoms with Crippen LogP contribution in [0.4, 0.5) is 0 Å². The van der Waals surface area contributed by atoms with Crippen molar-refractivity contribution >= 4 is 27.5 Å². The summed E-state index contributed by atoms with van der Waals surface area (Å²) in [5, 5.41) is 3.87. The summed E-state index contributed by atoms with van der Waals surface area (Å²) in [4.78, 5) is 13.9. The van der Waals surface area contributed by atoms with Crippen LogP contribution >= 0.6 is 11.8 Å². The summed E-state index contributed by atoms with van der Waals surface area (Å²) in [7, 11) is -2.94. The molecule has 0 spiro atoms. The summed E-state index contributed by atoms with van der Waals surface area (Å²) >= 11 is 1.72. The van der Waals surface area contributed by atoms with Gasteiger partial charge in [-0.15, -0.1) is 11.8 Å². The van der Waals surface area contributed by atoms with Crippen LogP contribution in [-0.2, 0) is 14.6 Å². The van der Waals surface area contributed by atoms with E-state index in [9.17, 15) is 13.2 Å². The normalized spacial score (nSPS) is 28.3. The van der Waals surface area contributed by atoms with Gasteiger partial charge in [0.05, 0.1) is 17.3 Å². The fraction of sp³-hybridized carbons (Fsp3) is 0.917. The Morgan fingerprint density at radius 3 is 2.68 bits per heavy atom. The molecule has 5 nitrogen and oxygen atoms in total. The predicted octanol–water partition coefficient (Wildman–Crippen LogP) is 0.117. The van der Waals surface area contributed by atoms with E-state index in [-0.39, 0.29) is 23.5 Å². The van der Waals surface area contributed by atoms with Gasteiger partial charge in [0.1, 0.15) is 0 Å². The number of piperidine rings is 1. The molecule has 2 saturated heterocycles. The SMILES string of the molecule is CC1CS(=O)(=O)CCN1C(=O)CSC1CCNCC1. The van der Waals surface area contributed by atoms with Crippen molar-refractivity contribution in [3.05, 3.63) is 0 Å². The Balaban J connectivity index is 1.79. The molecule has 0 aromatic carbocycles. The van der Waals surface area contributed by atoms with Gasteiger partial charge in [-0.25, -0.2) is 8.42 Å². The van der Waals surface area contributed by atoms with E-state index in [2.05, 4.69) is 5.32 Å². The fourth-order valence-corrected chi connectivity index (χ4v) is 5.27. The van der Waals surface area contributed by atoms with Gasteiger partial charge in [-0.3, -0.25) is 4.79 Å². The molecule has 110 valence electrons. The number of carbonyl (C=O) groups is 1. The number of nitrogens with zero attached hydrogens (tertiary/aromatic N) is 1. The first-order valence-electron chi connectivity index (χ1n) is 6.80. The molecule has 2 fully saturated rings. The Bertz CT molecular complexity index is 419. The quantitative estimate of drug-likeness (QED) is 0.802. The monoisotopic (exact) mass is 306 g/mol. The third-order valence-electron chi connectivity index (χ3n) is 3.72. The van der Waals surface area contributed by atoms with Gasteiger partial charge in [-0.05, 0) is 32.9 Å². The first-order valence-corrected chi connectivity index (χ1v) is 9.67. The van der Waals surface area contributed by atoms with E-state index in [1.54, 1.807) is 16.7 Å². The van der Waals surface area contributed by atoms with E-state index in [1.807, 2.05) is 6.92 Å². The topological polar surface area (TPSA) is 66.5 Å². The zero-order valence-corrected chi connectivity index (χ0v) is 12.9. The van der Waals surface area contributed by atoms with Crippen molar-refractivity contribution in [2.75, 3.05) is 36.9 Å². The van der Waals surface area contributed by atoms with Crippen molar-refractivity contribution in [2.45, 2.75) is 31.1 Å². The highest BCUT2D eigenvalue weighted by Gasteiger charge is 2.31. The van der Waals surface area contributed by atoms with Crippen LogP contribution in [0.3, 0.4) is 0 Å². The van der Waals surface area contributed by atoms with Gasteiger partial charge in [0.25, 0.3) is 0 Å². The Kier molecular flexibility index (Phi) is 5.14. The molecule has 1 amide bonds.